The van der Waals surface area contributed by atoms with E-state index < -0.39 is 11.5 Å². The number of benzene rings is 2. The van der Waals surface area contributed by atoms with Gasteiger partial charge in [0, 0.05) is 11.1 Å². The molecule has 0 bridgehead atoms. The molecule has 0 aliphatic carbocycles. The van der Waals surface area contributed by atoms with Crippen LogP contribution in [0.4, 0.5) is 0 Å². The number of hydrogen-bond donors (Lipinski definition) is 1. The summed E-state index contributed by atoms with van der Waals surface area (Å²) in [4.78, 5) is 24.5. The SMILES string of the molecule is CC=CNC(C)(C)C(=O)Oc1ccc(C(=O)c2ccccc2)cc1. The number of ketones is 1. The van der Waals surface area contributed by atoms with Gasteiger partial charge in [-0.25, -0.2) is 4.79 Å². The van der Waals surface area contributed by atoms with Crippen LogP contribution in [0.1, 0.15) is 36.7 Å². The zero-order valence-electron chi connectivity index (χ0n) is 14.1. The first-order valence-corrected chi connectivity index (χ1v) is 7.75. The highest BCUT2D eigenvalue weighted by molar-refractivity contribution is 6.09. The van der Waals surface area contributed by atoms with Gasteiger partial charge in [0.1, 0.15) is 11.3 Å². The third-order valence-electron chi connectivity index (χ3n) is 3.48. The molecule has 4 heteroatoms. The highest BCUT2D eigenvalue weighted by Crippen LogP contribution is 2.17. The molecule has 24 heavy (non-hydrogen) atoms. The van der Waals surface area contributed by atoms with E-state index in [2.05, 4.69) is 5.32 Å². The van der Waals surface area contributed by atoms with Crippen LogP contribution in [0.15, 0.2) is 66.9 Å². The van der Waals surface area contributed by atoms with Crippen LogP contribution in [0.25, 0.3) is 0 Å². The van der Waals surface area contributed by atoms with Crippen molar-refractivity contribution in [3.8, 4) is 5.75 Å². The lowest BCUT2D eigenvalue weighted by Crippen LogP contribution is -2.46. The van der Waals surface area contributed by atoms with Gasteiger partial charge in [-0.1, -0.05) is 36.4 Å². The molecule has 2 rings (SSSR count). The highest BCUT2D eigenvalue weighted by atomic mass is 16.5. The zero-order chi connectivity index (χ0) is 17.6. The predicted molar refractivity (Wildman–Crippen MR) is 94.0 cm³/mol. The Bertz CT molecular complexity index is 731. The first kappa shape index (κ1) is 17.5. The first-order valence-electron chi connectivity index (χ1n) is 7.75. The summed E-state index contributed by atoms with van der Waals surface area (Å²) >= 11 is 0. The van der Waals surface area contributed by atoms with Gasteiger partial charge < -0.3 is 10.1 Å². The van der Waals surface area contributed by atoms with Crippen LogP contribution in [0.5, 0.6) is 5.75 Å². The molecule has 124 valence electrons. The molecule has 0 fully saturated rings. The van der Waals surface area contributed by atoms with Crippen molar-refractivity contribution < 1.29 is 14.3 Å². The van der Waals surface area contributed by atoms with E-state index in [0.29, 0.717) is 16.9 Å². The van der Waals surface area contributed by atoms with Gasteiger partial charge in [-0.2, -0.15) is 0 Å². The summed E-state index contributed by atoms with van der Waals surface area (Å²) in [7, 11) is 0. The van der Waals surface area contributed by atoms with Gasteiger partial charge in [0.05, 0.1) is 0 Å². The molecule has 0 aliphatic heterocycles. The van der Waals surface area contributed by atoms with E-state index in [1.165, 1.54) is 0 Å². The summed E-state index contributed by atoms with van der Waals surface area (Å²) in [5.74, 6) is -0.0637. The maximum absolute atomic E-state index is 12.3. The summed E-state index contributed by atoms with van der Waals surface area (Å²) in [5, 5.41) is 2.97. The van der Waals surface area contributed by atoms with Gasteiger partial charge in [0.25, 0.3) is 0 Å². The van der Waals surface area contributed by atoms with E-state index in [-0.39, 0.29) is 5.78 Å². The highest BCUT2D eigenvalue weighted by Gasteiger charge is 2.28. The largest absolute Gasteiger partial charge is 0.425 e. The van der Waals surface area contributed by atoms with E-state index in [9.17, 15) is 9.59 Å². The molecule has 0 unspecified atom stereocenters. The van der Waals surface area contributed by atoms with Crippen LogP contribution in [0.3, 0.4) is 0 Å². The van der Waals surface area contributed by atoms with Crippen LogP contribution >= 0.6 is 0 Å². The Kier molecular flexibility index (Phi) is 5.53. The Hall–Kier alpha value is -2.88. The molecule has 0 amide bonds. The Morgan fingerprint density at radius 2 is 1.54 bits per heavy atom. The molecular weight excluding hydrogens is 302 g/mol. The number of esters is 1. The van der Waals surface area contributed by atoms with Crippen molar-refractivity contribution in [1.29, 1.82) is 0 Å². The summed E-state index contributed by atoms with van der Waals surface area (Å²) < 4.78 is 5.37. The number of hydrogen-bond acceptors (Lipinski definition) is 4. The number of carbonyl (C=O) groups is 2. The minimum atomic E-state index is -0.842. The van der Waals surface area contributed by atoms with Crippen molar-refractivity contribution in [2.24, 2.45) is 0 Å². The molecule has 0 spiro atoms. The van der Waals surface area contributed by atoms with Crippen molar-refractivity contribution in [3.05, 3.63) is 78.0 Å². The first-order chi connectivity index (χ1) is 11.4. The zero-order valence-corrected chi connectivity index (χ0v) is 14.1. The number of ether oxygens (including phenoxy) is 1. The smallest absolute Gasteiger partial charge is 0.336 e. The molecule has 2 aromatic carbocycles. The molecule has 0 radical (unpaired) electrons. The minimum absolute atomic E-state index is 0.0662. The van der Waals surface area contributed by atoms with Crippen molar-refractivity contribution in [3.63, 3.8) is 0 Å². The Balaban J connectivity index is 2.07. The van der Waals surface area contributed by atoms with E-state index in [1.54, 1.807) is 62.5 Å². The second-order valence-corrected chi connectivity index (χ2v) is 5.88. The van der Waals surface area contributed by atoms with Gasteiger partial charge in [0.2, 0.25) is 0 Å². The number of carbonyl (C=O) groups excluding carboxylic acids is 2. The molecule has 1 N–H and O–H groups in total. The summed E-state index contributed by atoms with van der Waals surface area (Å²) in [6.07, 6.45) is 3.50. The molecule has 2 aromatic rings. The van der Waals surface area contributed by atoms with Gasteiger partial charge >= 0.3 is 5.97 Å². The van der Waals surface area contributed by atoms with Crippen molar-refractivity contribution in [1.82, 2.24) is 5.32 Å². The molecular formula is C20H21NO3. The van der Waals surface area contributed by atoms with Crippen LogP contribution < -0.4 is 10.1 Å². The van der Waals surface area contributed by atoms with Crippen LogP contribution in [0.2, 0.25) is 0 Å². The summed E-state index contributed by atoms with van der Waals surface area (Å²) in [5.41, 5.74) is 0.330. The quantitative estimate of drug-likeness (QED) is 0.500. The molecule has 0 aliphatic rings. The molecule has 0 aromatic heterocycles. The molecule has 0 atom stereocenters. The Morgan fingerprint density at radius 3 is 2.12 bits per heavy atom. The maximum atomic E-state index is 12.3. The number of rotatable bonds is 6. The van der Waals surface area contributed by atoms with E-state index >= 15 is 0 Å². The lowest BCUT2D eigenvalue weighted by Gasteiger charge is -2.22. The van der Waals surface area contributed by atoms with Gasteiger partial charge in [-0.3, -0.25) is 4.79 Å². The van der Waals surface area contributed by atoms with Gasteiger partial charge in [-0.15, -0.1) is 0 Å². The summed E-state index contributed by atoms with van der Waals surface area (Å²) in [6, 6.07) is 15.6. The van der Waals surface area contributed by atoms with Crippen LogP contribution in [-0.4, -0.2) is 17.3 Å². The van der Waals surface area contributed by atoms with Crippen molar-refractivity contribution in [2.75, 3.05) is 0 Å². The molecule has 4 nitrogen and oxygen atoms in total. The van der Waals surface area contributed by atoms with Crippen LogP contribution in [-0.2, 0) is 4.79 Å². The topological polar surface area (TPSA) is 55.4 Å². The fourth-order valence-corrected chi connectivity index (χ4v) is 2.02. The number of allylic oxidation sites excluding steroid dienone is 1. The van der Waals surface area contributed by atoms with Crippen molar-refractivity contribution in [2.45, 2.75) is 26.3 Å². The fraction of sp³-hybridized carbons (Fsp3) is 0.200. The monoisotopic (exact) mass is 323 g/mol. The molecule has 0 saturated carbocycles. The van der Waals surface area contributed by atoms with E-state index in [0.717, 1.165) is 0 Å². The lowest BCUT2D eigenvalue weighted by atomic mass is 10.0. The maximum Gasteiger partial charge on any atom is 0.336 e. The third-order valence-corrected chi connectivity index (χ3v) is 3.48. The van der Waals surface area contributed by atoms with E-state index in [1.807, 2.05) is 25.1 Å². The second-order valence-electron chi connectivity index (χ2n) is 5.88. The van der Waals surface area contributed by atoms with E-state index in [4.69, 9.17) is 4.74 Å². The number of nitrogens with one attached hydrogen (secondary N) is 1. The summed E-state index contributed by atoms with van der Waals surface area (Å²) in [6.45, 7) is 5.34. The van der Waals surface area contributed by atoms with Crippen molar-refractivity contribution >= 4 is 11.8 Å². The minimum Gasteiger partial charge on any atom is -0.425 e. The van der Waals surface area contributed by atoms with Gasteiger partial charge in [0.15, 0.2) is 5.78 Å². The Morgan fingerprint density at radius 1 is 0.958 bits per heavy atom. The lowest BCUT2D eigenvalue weighted by molar-refractivity contribution is -0.140. The van der Waals surface area contributed by atoms with Crippen LogP contribution in [0, 0.1) is 0 Å². The fourth-order valence-electron chi connectivity index (χ4n) is 2.02. The predicted octanol–water partition coefficient (Wildman–Crippen LogP) is 3.72. The molecule has 0 heterocycles. The average Bonchev–Trinajstić information content (AvgIpc) is 2.60. The standard InChI is InChI=1S/C20H21NO3/c1-4-14-21-20(2,3)19(23)24-17-12-10-16(11-13-17)18(22)15-8-6-5-7-9-15/h4-14,21H,1-3H3. The Labute approximate surface area is 142 Å². The second kappa shape index (κ2) is 7.59. The van der Waals surface area contributed by atoms with Gasteiger partial charge in [-0.05, 0) is 51.2 Å². The normalized spacial score (nSPS) is 11.3. The third kappa shape index (κ3) is 4.32. The average molecular weight is 323 g/mol. The molecule has 0 saturated heterocycles.